The lowest BCUT2D eigenvalue weighted by molar-refractivity contribution is -0.153. The average Bonchev–Trinajstić information content (AvgIpc) is 3.02. The van der Waals surface area contributed by atoms with E-state index >= 15 is 0 Å². The highest BCUT2D eigenvalue weighted by molar-refractivity contribution is 5.87. The molecule has 0 aromatic rings. The number of carbonyl (C=O) groups is 2. The molecule has 2 fully saturated rings. The van der Waals surface area contributed by atoms with E-state index in [9.17, 15) is 9.59 Å². The summed E-state index contributed by atoms with van der Waals surface area (Å²) in [6, 6.07) is -0.306. The second-order valence-corrected chi connectivity index (χ2v) is 4.63. The standard InChI is InChI=1S/C12H19NO3/c1-2-8-16-12(15)10-4-3-7-13(10)11(14)9-5-6-9/h9-10H,2-8H2,1H3. The molecule has 1 atom stereocenters. The van der Waals surface area contributed by atoms with Gasteiger partial charge in [-0.3, -0.25) is 4.79 Å². The molecular weight excluding hydrogens is 206 g/mol. The van der Waals surface area contributed by atoms with E-state index in [2.05, 4.69) is 0 Å². The first-order chi connectivity index (χ1) is 7.74. The molecule has 1 aliphatic carbocycles. The normalized spacial score (nSPS) is 24.6. The van der Waals surface area contributed by atoms with E-state index in [1.165, 1.54) is 0 Å². The highest BCUT2D eigenvalue weighted by Crippen LogP contribution is 2.33. The summed E-state index contributed by atoms with van der Waals surface area (Å²) in [5.74, 6) is 0.142. The van der Waals surface area contributed by atoms with E-state index in [0.29, 0.717) is 6.61 Å². The van der Waals surface area contributed by atoms with E-state index in [-0.39, 0.29) is 23.8 Å². The van der Waals surface area contributed by atoms with E-state index in [1.807, 2.05) is 6.92 Å². The maximum absolute atomic E-state index is 11.9. The smallest absolute Gasteiger partial charge is 0.328 e. The van der Waals surface area contributed by atoms with Crippen LogP contribution in [0, 0.1) is 5.92 Å². The fraction of sp³-hybridized carbons (Fsp3) is 0.833. The Morgan fingerprint density at radius 3 is 2.69 bits per heavy atom. The Hall–Kier alpha value is -1.06. The summed E-state index contributed by atoms with van der Waals surface area (Å²) < 4.78 is 5.12. The molecule has 2 rings (SSSR count). The Bertz CT molecular complexity index is 286. The monoisotopic (exact) mass is 225 g/mol. The molecule has 1 heterocycles. The average molecular weight is 225 g/mol. The first kappa shape index (κ1) is 11.4. The van der Waals surface area contributed by atoms with Crippen LogP contribution < -0.4 is 0 Å². The Morgan fingerprint density at radius 1 is 1.31 bits per heavy atom. The zero-order valence-corrected chi connectivity index (χ0v) is 9.78. The quantitative estimate of drug-likeness (QED) is 0.678. The van der Waals surface area contributed by atoms with Gasteiger partial charge in [-0.15, -0.1) is 0 Å². The third-order valence-electron chi connectivity index (χ3n) is 3.18. The van der Waals surface area contributed by atoms with Gasteiger partial charge in [0.15, 0.2) is 0 Å². The van der Waals surface area contributed by atoms with Crippen molar-refractivity contribution < 1.29 is 14.3 Å². The van der Waals surface area contributed by atoms with E-state index < -0.39 is 0 Å². The second kappa shape index (κ2) is 4.85. The molecular formula is C12H19NO3. The van der Waals surface area contributed by atoms with Crippen LogP contribution in [0.2, 0.25) is 0 Å². The SMILES string of the molecule is CCCOC(=O)C1CCCN1C(=O)C1CC1. The van der Waals surface area contributed by atoms with E-state index in [0.717, 1.165) is 38.6 Å². The molecule has 4 nitrogen and oxygen atoms in total. The second-order valence-electron chi connectivity index (χ2n) is 4.63. The minimum Gasteiger partial charge on any atom is -0.464 e. The van der Waals surface area contributed by atoms with Crippen LogP contribution in [0.25, 0.3) is 0 Å². The van der Waals surface area contributed by atoms with Gasteiger partial charge in [-0.1, -0.05) is 6.92 Å². The predicted octanol–water partition coefficient (Wildman–Crippen LogP) is 1.34. The number of carbonyl (C=O) groups excluding carboxylic acids is 2. The molecule has 0 bridgehead atoms. The molecule has 90 valence electrons. The van der Waals surface area contributed by atoms with Crippen LogP contribution in [-0.4, -0.2) is 36.0 Å². The fourth-order valence-electron chi connectivity index (χ4n) is 2.14. The number of ether oxygens (including phenoxy) is 1. The molecule has 16 heavy (non-hydrogen) atoms. The van der Waals surface area contributed by atoms with Gasteiger partial charge in [-0.25, -0.2) is 4.79 Å². The molecule has 0 aromatic heterocycles. The van der Waals surface area contributed by atoms with Crippen LogP contribution in [0.5, 0.6) is 0 Å². The molecule has 1 unspecified atom stereocenters. The van der Waals surface area contributed by atoms with Gasteiger partial charge >= 0.3 is 5.97 Å². The van der Waals surface area contributed by atoms with Crippen LogP contribution in [-0.2, 0) is 14.3 Å². The van der Waals surface area contributed by atoms with Crippen LogP contribution in [0.1, 0.15) is 39.0 Å². The van der Waals surface area contributed by atoms with Gasteiger partial charge in [-0.2, -0.15) is 0 Å². The van der Waals surface area contributed by atoms with Crippen molar-refractivity contribution in [2.75, 3.05) is 13.2 Å². The number of rotatable bonds is 4. The first-order valence-electron chi connectivity index (χ1n) is 6.21. The summed E-state index contributed by atoms with van der Waals surface area (Å²) in [6.07, 6.45) is 4.50. The van der Waals surface area contributed by atoms with Crippen LogP contribution >= 0.6 is 0 Å². The molecule has 0 spiro atoms. The molecule has 0 N–H and O–H groups in total. The van der Waals surface area contributed by atoms with Crippen molar-refractivity contribution in [3.8, 4) is 0 Å². The zero-order valence-electron chi connectivity index (χ0n) is 9.78. The van der Waals surface area contributed by atoms with Gasteiger partial charge in [0.1, 0.15) is 6.04 Å². The molecule has 1 amide bonds. The van der Waals surface area contributed by atoms with Crippen molar-refractivity contribution in [3.63, 3.8) is 0 Å². The van der Waals surface area contributed by atoms with Crippen molar-refractivity contribution in [1.82, 2.24) is 4.90 Å². The summed E-state index contributed by atoms with van der Waals surface area (Å²) in [5.41, 5.74) is 0. The number of hydrogen-bond acceptors (Lipinski definition) is 3. The van der Waals surface area contributed by atoms with Crippen molar-refractivity contribution in [2.24, 2.45) is 5.92 Å². The Morgan fingerprint density at radius 2 is 2.06 bits per heavy atom. The molecule has 4 heteroatoms. The third-order valence-corrected chi connectivity index (χ3v) is 3.18. The highest BCUT2D eigenvalue weighted by Gasteiger charge is 2.41. The van der Waals surface area contributed by atoms with Crippen molar-refractivity contribution in [1.29, 1.82) is 0 Å². The van der Waals surface area contributed by atoms with E-state index in [1.54, 1.807) is 4.90 Å². The lowest BCUT2D eigenvalue weighted by atomic mass is 10.2. The van der Waals surface area contributed by atoms with Crippen molar-refractivity contribution in [2.45, 2.75) is 45.1 Å². The van der Waals surface area contributed by atoms with Crippen LogP contribution in [0.15, 0.2) is 0 Å². The molecule has 1 saturated heterocycles. The minimum atomic E-state index is -0.306. The maximum Gasteiger partial charge on any atom is 0.328 e. The molecule has 1 aliphatic heterocycles. The predicted molar refractivity (Wildman–Crippen MR) is 58.7 cm³/mol. The van der Waals surface area contributed by atoms with Gasteiger partial charge in [0, 0.05) is 12.5 Å². The Kier molecular flexibility index (Phi) is 3.46. The number of amides is 1. The van der Waals surface area contributed by atoms with Gasteiger partial charge in [0.05, 0.1) is 6.61 Å². The van der Waals surface area contributed by atoms with Crippen molar-refractivity contribution in [3.05, 3.63) is 0 Å². The summed E-state index contributed by atoms with van der Waals surface area (Å²) in [5, 5.41) is 0. The molecule has 0 aromatic carbocycles. The van der Waals surface area contributed by atoms with E-state index in [4.69, 9.17) is 4.74 Å². The number of esters is 1. The first-order valence-corrected chi connectivity index (χ1v) is 6.21. The number of nitrogens with zero attached hydrogens (tertiary/aromatic N) is 1. The lowest BCUT2D eigenvalue weighted by Gasteiger charge is -2.23. The Labute approximate surface area is 95.9 Å². The summed E-state index contributed by atoms with van der Waals surface area (Å²) >= 11 is 0. The topological polar surface area (TPSA) is 46.6 Å². The van der Waals surface area contributed by atoms with Crippen molar-refractivity contribution >= 4 is 11.9 Å². The summed E-state index contributed by atoms with van der Waals surface area (Å²) in [6.45, 7) is 3.15. The van der Waals surface area contributed by atoms with Gasteiger partial charge < -0.3 is 9.64 Å². The lowest BCUT2D eigenvalue weighted by Crippen LogP contribution is -2.42. The zero-order chi connectivity index (χ0) is 11.5. The van der Waals surface area contributed by atoms with Crippen LogP contribution in [0.3, 0.4) is 0 Å². The fourth-order valence-corrected chi connectivity index (χ4v) is 2.14. The molecule has 0 radical (unpaired) electrons. The van der Waals surface area contributed by atoms with Gasteiger partial charge in [0.2, 0.25) is 5.91 Å². The molecule has 2 aliphatic rings. The molecule has 1 saturated carbocycles. The Balaban J connectivity index is 1.91. The summed E-state index contributed by atoms with van der Waals surface area (Å²) in [4.78, 5) is 25.4. The van der Waals surface area contributed by atoms with Crippen LogP contribution in [0.4, 0.5) is 0 Å². The number of hydrogen-bond donors (Lipinski definition) is 0. The highest BCUT2D eigenvalue weighted by atomic mass is 16.5. The maximum atomic E-state index is 11.9. The largest absolute Gasteiger partial charge is 0.464 e. The third kappa shape index (κ3) is 2.36. The van der Waals surface area contributed by atoms with Gasteiger partial charge in [0.25, 0.3) is 0 Å². The van der Waals surface area contributed by atoms with Gasteiger partial charge in [-0.05, 0) is 32.1 Å². The summed E-state index contributed by atoms with van der Waals surface area (Å²) in [7, 11) is 0. The number of likely N-dealkylation sites (tertiary alicyclic amines) is 1. The minimum absolute atomic E-state index is 0.163.